The fraction of sp³-hybridized carbons (Fsp3) is 0.333. The number of nitrogens with zero attached hydrogens (tertiary/aromatic N) is 1. The van der Waals surface area contributed by atoms with E-state index in [2.05, 4.69) is 26.6 Å². The van der Waals surface area contributed by atoms with Crippen molar-refractivity contribution in [2.24, 2.45) is 0 Å². The summed E-state index contributed by atoms with van der Waals surface area (Å²) in [5.74, 6) is 0.184. The summed E-state index contributed by atoms with van der Waals surface area (Å²) in [4.78, 5) is 26.7. The van der Waals surface area contributed by atoms with Crippen LogP contribution in [-0.2, 0) is 17.8 Å². The fourth-order valence-corrected chi connectivity index (χ4v) is 3.56. The summed E-state index contributed by atoms with van der Waals surface area (Å²) in [6.45, 7) is 2.44. The number of ether oxygens (including phenoxy) is 2. The predicted molar refractivity (Wildman–Crippen MR) is 114 cm³/mol. The minimum Gasteiger partial charge on any atom is -0.493 e. The van der Waals surface area contributed by atoms with Crippen molar-refractivity contribution in [2.45, 2.75) is 25.9 Å². The molecular formula is C21H23BrFN3O4. The lowest BCUT2D eigenvalue weighted by Gasteiger charge is -2.30. The van der Waals surface area contributed by atoms with Gasteiger partial charge in [0.05, 0.1) is 19.9 Å². The van der Waals surface area contributed by atoms with Crippen molar-refractivity contribution in [2.75, 3.05) is 26.1 Å². The van der Waals surface area contributed by atoms with Crippen LogP contribution in [0.4, 0.5) is 14.9 Å². The molecule has 0 fully saturated rings. The van der Waals surface area contributed by atoms with E-state index < -0.39 is 17.8 Å². The highest BCUT2D eigenvalue weighted by Crippen LogP contribution is 2.33. The van der Waals surface area contributed by atoms with Gasteiger partial charge in [0.25, 0.3) is 0 Å². The first kappa shape index (κ1) is 21.9. The van der Waals surface area contributed by atoms with Gasteiger partial charge >= 0.3 is 6.03 Å². The van der Waals surface area contributed by atoms with E-state index in [4.69, 9.17) is 9.47 Å². The second-order valence-corrected chi connectivity index (χ2v) is 7.85. The van der Waals surface area contributed by atoms with Gasteiger partial charge in [-0.2, -0.15) is 0 Å². The van der Waals surface area contributed by atoms with Gasteiger partial charge in [-0.15, -0.1) is 0 Å². The Morgan fingerprint density at radius 3 is 2.43 bits per heavy atom. The molecular weight excluding hydrogens is 457 g/mol. The average molecular weight is 480 g/mol. The summed E-state index contributed by atoms with van der Waals surface area (Å²) in [5.41, 5.74) is 2.11. The van der Waals surface area contributed by atoms with E-state index in [1.54, 1.807) is 32.1 Å². The van der Waals surface area contributed by atoms with Crippen LogP contribution in [0.1, 0.15) is 18.1 Å². The Bertz CT molecular complexity index is 970. The lowest BCUT2D eigenvalue weighted by molar-refractivity contribution is -0.117. The van der Waals surface area contributed by atoms with Crippen LogP contribution < -0.4 is 20.1 Å². The van der Waals surface area contributed by atoms with Crippen LogP contribution in [0.25, 0.3) is 0 Å². The van der Waals surface area contributed by atoms with Crippen LogP contribution in [0.5, 0.6) is 11.5 Å². The summed E-state index contributed by atoms with van der Waals surface area (Å²) in [6.07, 6.45) is 0.661. The molecule has 1 unspecified atom stereocenters. The lowest BCUT2D eigenvalue weighted by atomic mass is 9.99. The molecule has 1 aliphatic rings. The van der Waals surface area contributed by atoms with Crippen molar-refractivity contribution in [3.05, 3.63) is 51.7 Å². The van der Waals surface area contributed by atoms with Gasteiger partial charge < -0.3 is 25.0 Å². The highest BCUT2D eigenvalue weighted by atomic mass is 79.9. The number of methoxy groups -OCH3 is 2. The molecule has 9 heteroatoms. The zero-order valence-corrected chi connectivity index (χ0v) is 18.5. The quantitative estimate of drug-likeness (QED) is 0.684. The van der Waals surface area contributed by atoms with Crippen LogP contribution in [-0.4, -0.2) is 43.6 Å². The molecule has 160 valence electrons. The van der Waals surface area contributed by atoms with E-state index >= 15 is 0 Å². The lowest BCUT2D eigenvalue weighted by Crippen LogP contribution is -2.49. The van der Waals surface area contributed by atoms with Crippen LogP contribution in [0, 0.1) is 5.82 Å². The summed E-state index contributed by atoms with van der Waals surface area (Å²) < 4.78 is 25.2. The maximum Gasteiger partial charge on any atom is 0.318 e. The number of benzene rings is 2. The van der Waals surface area contributed by atoms with Gasteiger partial charge in [0, 0.05) is 17.6 Å². The zero-order valence-electron chi connectivity index (χ0n) is 16.9. The molecule has 0 aromatic heterocycles. The maximum absolute atomic E-state index is 13.9. The highest BCUT2D eigenvalue weighted by Gasteiger charge is 2.25. The topological polar surface area (TPSA) is 79.9 Å². The SMILES string of the molecule is COc1cc2c(cc1OC)CN(C(=O)NC(C)C(=O)Nc1ccc(Br)cc1F)CC2. The Morgan fingerprint density at radius 1 is 1.13 bits per heavy atom. The Labute approximate surface area is 182 Å². The number of fused-ring (bicyclic) bond motifs is 1. The fourth-order valence-electron chi connectivity index (χ4n) is 3.23. The third-order valence-electron chi connectivity index (χ3n) is 4.93. The molecule has 3 rings (SSSR count). The van der Waals surface area contributed by atoms with E-state index in [-0.39, 0.29) is 11.7 Å². The molecule has 1 atom stereocenters. The third kappa shape index (κ3) is 4.84. The summed E-state index contributed by atoms with van der Waals surface area (Å²) in [7, 11) is 3.14. The highest BCUT2D eigenvalue weighted by molar-refractivity contribution is 9.10. The van der Waals surface area contributed by atoms with Crippen LogP contribution in [0.3, 0.4) is 0 Å². The number of halogens is 2. The normalized spacial score (nSPS) is 13.8. The minimum absolute atomic E-state index is 0.0530. The van der Waals surface area contributed by atoms with E-state index in [0.717, 1.165) is 11.1 Å². The maximum atomic E-state index is 13.9. The summed E-state index contributed by atoms with van der Waals surface area (Å²) in [6, 6.07) is 6.91. The number of hydrogen-bond acceptors (Lipinski definition) is 4. The molecule has 30 heavy (non-hydrogen) atoms. The molecule has 0 bridgehead atoms. The largest absolute Gasteiger partial charge is 0.493 e. The number of rotatable bonds is 5. The van der Waals surface area contributed by atoms with Gasteiger partial charge in [-0.25, -0.2) is 9.18 Å². The van der Waals surface area contributed by atoms with Gasteiger partial charge in [0.15, 0.2) is 11.5 Å². The van der Waals surface area contributed by atoms with Crippen molar-refractivity contribution < 1.29 is 23.5 Å². The minimum atomic E-state index is -0.840. The number of carbonyl (C=O) groups excluding carboxylic acids is 2. The number of amides is 3. The number of anilines is 1. The van der Waals surface area contributed by atoms with E-state index in [1.807, 2.05) is 12.1 Å². The standard InChI is InChI=1S/C21H23BrFN3O4/c1-12(20(27)25-17-5-4-15(22)10-16(17)23)24-21(28)26-7-6-13-8-18(29-2)19(30-3)9-14(13)11-26/h4-5,8-10,12H,6-7,11H2,1-3H3,(H,24,28)(H,25,27). The molecule has 7 nitrogen and oxygen atoms in total. The Hall–Kier alpha value is -2.81. The van der Waals surface area contributed by atoms with Crippen LogP contribution in [0.15, 0.2) is 34.8 Å². The Kier molecular flexibility index (Phi) is 6.81. The smallest absolute Gasteiger partial charge is 0.318 e. The number of urea groups is 1. The molecule has 0 saturated carbocycles. The zero-order chi connectivity index (χ0) is 21.8. The number of nitrogens with one attached hydrogen (secondary N) is 2. The molecule has 0 radical (unpaired) electrons. The van der Waals surface area contributed by atoms with Crippen LogP contribution >= 0.6 is 15.9 Å². The second-order valence-electron chi connectivity index (χ2n) is 6.93. The summed E-state index contributed by atoms with van der Waals surface area (Å²) >= 11 is 3.17. The molecule has 0 spiro atoms. The molecule has 1 heterocycles. The van der Waals surface area contributed by atoms with Crippen LogP contribution in [0.2, 0.25) is 0 Å². The predicted octanol–water partition coefficient (Wildman–Crippen LogP) is 3.70. The van der Waals surface area contributed by atoms with E-state index in [9.17, 15) is 14.0 Å². The Balaban J connectivity index is 1.62. The number of carbonyl (C=O) groups is 2. The first-order valence-electron chi connectivity index (χ1n) is 9.37. The average Bonchev–Trinajstić information content (AvgIpc) is 2.73. The van der Waals surface area contributed by atoms with Gasteiger partial charge in [0.1, 0.15) is 11.9 Å². The van der Waals surface area contributed by atoms with Crippen molar-refractivity contribution in [3.8, 4) is 11.5 Å². The van der Waals surface area contributed by atoms with Gasteiger partial charge in [-0.1, -0.05) is 15.9 Å². The molecule has 0 saturated heterocycles. The van der Waals surface area contributed by atoms with Gasteiger partial charge in [0.2, 0.25) is 5.91 Å². The molecule has 3 amide bonds. The Morgan fingerprint density at radius 2 is 1.80 bits per heavy atom. The monoisotopic (exact) mass is 479 g/mol. The molecule has 2 N–H and O–H groups in total. The van der Waals surface area contributed by atoms with Gasteiger partial charge in [-0.05, 0) is 54.8 Å². The number of hydrogen-bond donors (Lipinski definition) is 2. The van der Waals surface area contributed by atoms with Crippen molar-refractivity contribution in [1.29, 1.82) is 0 Å². The third-order valence-corrected chi connectivity index (χ3v) is 5.42. The first-order valence-corrected chi connectivity index (χ1v) is 10.2. The van der Waals surface area contributed by atoms with E-state index in [0.29, 0.717) is 35.5 Å². The second kappa shape index (κ2) is 9.34. The molecule has 2 aromatic rings. The van der Waals surface area contributed by atoms with E-state index in [1.165, 1.54) is 12.1 Å². The summed E-state index contributed by atoms with van der Waals surface area (Å²) in [5, 5.41) is 5.16. The van der Waals surface area contributed by atoms with Crippen molar-refractivity contribution in [1.82, 2.24) is 10.2 Å². The van der Waals surface area contributed by atoms with Gasteiger partial charge in [-0.3, -0.25) is 4.79 Å². The first-order chi connectivity index (χ1) is 14.3. The van der Waals surface area contributed by atoms with Crippen molar-refractivity contribution >= 4 is 33.6 Å². The molecule has 2 aromatic carbocycles. The molecule has 0 aliphatic carbocycles. The van der Waals surface area contributed by atoms with Crippen molar-refractivity contribution in [3.63, 3.8) is 0 Å². The molecule has 1 aliphatic heterocycles.